The van der Waals surface area contributed by atoms with Gasteiger partial charge >= 0.3 is 6.36 Å². The molecule has 3 N–H and O–H groups in total. The van der Waals surface area contributed by atoms with Gasteiger partial charge in [0.2, 0.25) is 0 Å². The molecule has 1 aromatic carbocycles. The topological polar surface area (TPSA) is 81.3 Å². The van der Waals surface area contributed by atoms with Gasteiger partial charge in [0, 0.05) is 24.7 Å². The Morgan fingerprint density at radius 3 is 2.53 bits per heavy atom. The van der Waals surface area contributed by atoms with Crippen molar-refractivity contribution in [2.75, 3.05) is 22.7 Å². The molecule has 1 saturated carbocycles. The third-order valence-electron chi connectivity index (χ3n) is 5.39. The molecule has 30 heavy (non-hydrogen) atoms. The second-order valence-electron chi connectivity index (χ2n) is 7.73. The van der Waals surface area contributed by atoms with E-state index in [4.69, 9.17) is 0 Å². The number of aromatic nitrogens is 1. The van der Waals surface area contributed by atoms with E-state index in [0.717, 1.165) is 25.3 Å². The van der Waals surface area contributed by atoms with Gasteiger partial charge in [-0.15, -0.1) is 13.2 Å². The summed E-state index contributed by atoms with van der Waals surface area (Å²) in [4.78, 5) is 4.16. The van der Waals surface area contributed by atoms with Gasteiger partial charge in [-0.05, 0) is 30.7 Å². The first kappa shape index (κ1) is 22.0. The highest BCUT2D eigenvalue weighted by atomic mass is 19.4. The van der Waals surface area contributed by atoms with E-state index in [2.05, 4.69) is 27.3 Å². The second kappa shape index (κ2) is 9.88. The molecule has 3 rings (SSSR count). The molecule has 0 bridgehead atoms. The summed E-state index contributed by atoms with van der Waals surface area (Å²) in [5.74, 6) is 1.49. The molecule has 1 heterocycles. The van der Waals surface area contributed by atoms with Crippen LogP contribution in [-0.2, 0) is 6.54 Å². The van der Waals surface area contributed by atoms with Crippen LogP contribution in [0.15, 0.2) is 36.5 Å². The lowest BCUT2D eigenvalue weighted by Gasteiger charge is -2.27. The molecule has 0 saturated heterocycles. The number of hydrogen-bond acceptors (Lipinski definition) is 6. The highest BCUT2D eigenvalue weighted by Gasteiger charge is 2.31. The fraction of sp³-hybridized carbons (Fsp3) is 0.476. The maximum atomic E-state index is 12.6. The summed E-state index contributed by atoms with van der Waals surface area (Å²) in [6, 6.07) is 7.60. The molecule has 2 aromatic rings. The van der Waals surface area contributed by atoms with Crippen LogP contribution in [0.5, 0.6) is 5.75 Å². The number of pyridine rings is 1. The quantitative estimate of drug-likeness (QED) is 0.470. The lowest BCUT2D eigenvalue weighted by atomic mass is 9.83. The number of ether oxygens (including phenoxy) is 1. The zero-order chi connectivity index (χ0) is 21.6. The van der Waals surface area contributed by atoms with Crippen molar-refractivity contribution in [2.45, 2.75) is 45.5 Å². The molecule has 0 amide bonds. The van der Waals surface area contributed by atoms with Crippen molar-refractivity contribution in [3.8, 4) is 5.75 Å². The molecule has 1 aliphatic carbocycles. The van der Waals surface area contributed by atoms with Gasteiger partial charge in [0.1, 0.15) is 11.6 Å². The molecular formula is C21H26F3N4O2-. The lowest BCUT2D eigenvalue weighted by molar-refractivity contribution is -0.274. The lowest BCUT2D eigenvalue weighted by Crippen LogP contribution is -2.20. The minimum Gasteiger partial charge on any atom is -0.761 e. The van der Waals surface area contributed by atoms with Gasteiger partial charge in [-0.25, -0.2) is 4.98 Å². The van der Waals surface area contributed by atoms with Gasteiger partial charge < -0.3 is 26.1 Å². The van der Waals surface area contributed by atoms with Crippen molar-refractivity contribution < 1.29 is 17.9 Å². The SMILES string of the molecule is CC1CCC(CNc2cc(NCc3ccccc3OC(F)(F)F)ncc2N[O-])CC1. The van der Waals surface area contributed by atoms with E-state index in [9.17, 15) is 18.4 Å². The third kappa shape index (κ3) is 6.41. The van der Waals surface area contributed by atoms with Crippen LogP contribution in [0, 0.1) is 17.0 Å². The molecule has 0 unspecified atom stereocenters. The van der Waals surface area contributed by atoms with Gasteiger partial charge in [0.05, 0.1) is 17.6 Å². The Labute approximate surface area is 173 Å². The molecule has 1 aliphatic rings. The average molecular weight is 423 g/mol. The maximum absolute atomic E-state index is 12.6. The van der Waals surface area contributed by atoms with Crippen LogP contribution in [0.3, 0.4) is 0 Å². The molecule has 0 radical (unpaired) electrons. The van der Waals surface area contributed by atoms with Gasteiger partial charge in [-0.2, -0.15) is 0 Å². The largest absolute Gasteiger partial charge is 0.761 e. The highest BCUT2D eigenvalue weighted by molar-refractivity contribution is 5.71. The van der Waals surface area contributed by atoms with Crippen LogP contribution >= 0.6 is 0 Å². The third-order valence-corrected chi connectivity index (χ3v) is 5.39. The number of para-hydroxylation sites is 1. The Kier molecular flexibility index (Phi) is 7.25. The molecule has 0 aliphatic heterocycles. The molecule has 164 valence electrons. The van der Waals surface area contributed by atoms with E-state index in [-0.39, 0.29) is 12.3 Å². The summed E-state index contributed by atoms with van der Waals surface area (Å²) < 4.78 is 41.8. The van der Waals surface area contributed by atoms with E-state index in [1.807, 2.05) is 5.48 Å². The summed E-state index contributed by atoms with van der Waals surface area (Å²) in [5.41, 5.74) is 3.16. The Bertz CT molecular complexity index is 824. The second-order valence-corrected chi connectivity index (χ2v) is 7.73. The first-order chi connectivity index (χ1) is 14.3. The van der Waals surface area contributed by atoms with E-state index >= 15 is 0 Å². The Balaban J connectivity index is 1.64. The van der Waals surface area contributed by atoms with Gasteiger partial charge in [0.15, 0.2) is 0 Å². The van der Waals surface area contributed by atoms with Crippen LogP contribution in [-0.4, -0.2) is 17.9 Å². The maximum Gasteiger partial charge on any atom is 0.573 e. The van der Waals surface area contributed by atoms with Crippen molar-refractivity contribution in [2.24, 2.45) is 11.8 Å². The van der Waals surface area contributed by atoms with E-state index in [1.54, 1.807) is 18.2 Å². The molecule has 0 atom stereocenters. The van der Waals surface area contributed by atoms with Crippen LogP contribution in [0.4, 0.5) is 30.4 Å². The molecule has 0 spiro atoms. The van der Waals surface area contributed by atoms with Crippen molar-refractivity contribution >= 4 is 17.2 Å². The highest BCUT2D eigenvalue weighted by Crippen LogP contribution is 2.31. The minimum atomic E-state index is -4.76. The normalized spacial score (nSPS) is 19.2. The fourth-order valence-electron chi connectivity index (χ4n) is 3.63. The number of nitrogens with one attached hydrogen (secondary N) is 3. The summed E-state index contributed by atoms with van der Waals surface area (Å²) >= 11 is 0. The van der Waals surface area contributed by atoms with Crippen LogP contribution in [0.1, 0.15) is 38.2 Å². The molecule has 1 fully saturated rings. The van der Waals surface area contributed by atoms with Gasteiger partial charge in [-0.3, -0.25) is 0 Å². The number of anilines is 3. The number of halogens is 3. The number of benzene rings is 1. The van der Waals surface area contributed by atoms with E-state index < -0.39 is 6.36 Å². The van der Waals surface area contributed by atoms with Crippen molar-refractivity contribution in [3.63, 3.8) is 0 Å². The number of rotatable bonds is 8. The first-order valence-corrected chi connectivity index (χ1v) is 10.0. The summed E-state index contributed by atoms with van der Waals surface area (Å²) in [6.07, 6.45) is 1.37. The fourth-order valence-corrected chi connectivity index (χ4v) is 3.63. The monoisotopic (exact) mass is 423 g/mol. The minimum absolute atomic E-state index is 0.0867. The summed E-state index contributed by atoms with van der Waals surface area (Å²) in [6.45, 7) is 3.11. The Morgan fingerprint density at radius 2 is 1.83 bits per heavy atom. The number of nitrogens with zero attached hydrogens (tertiary/aromatic N) is 1. The molecule has 1 aromatic heterocycles. The standard InChI is InChI=1S/C21H26F3N4O2/c1-14-6-8-15(9-7-14)11-25-17-10-20(27-13-18(17)28-29)26-12-16-4-2-3-5-19(16)30-21(22,23)24/h2-5,10,13-15,28H,6-9,11-12H2,1H3,(H2,25,26,27)/q-1. The Morgan fingerprint density at radius 1 is 1.10 bits per heavy atom. The van der Waals surface area contributed by atoms with Crippen molar-refractivity contribution in [1.82, 2.24) is 4.98 Å². The number of hydrogen-bond donors (Lipinski definition) is 3. The Hall–Kier alpha value is -2.68. The van der Waals surface area contributed by atoms with Gasteiger partial charge in [0.25, 0.3) is 0 Å². The van der Waals surface area contributed by atoms with E-state index in [0.29, 0.717) is 28.7 Å². The van der Waals surface area contributed by atoms with Crippen LogP contribution in [0.25, 0.3) is 0 Å². The van der Waals surface area contributed by atoms with Gasteiger partial charge in [-0.1, -0.05) is 38.0 Å². The molecular weight excluding hydrogens is 397 g/mol. The predicted molar refractivity (Wildman–Crippen MR) is 111 cm³/mol. The molecule has 9 heteroatoms. The smallest absolute Gasteiger partial charge is 0.573 e. The zero-order valence-electron chi connectivity index (χ0n) is 16.8. The zero-order valence-corrected chi connectivity index (χ0v) is 16.8. The molecule has 6 nitrogen and oxygen atoms in total. The van der Waals surface area contributed by atoms with Crippen LogP contribution < -0.4 is 20.9 Å². The average Bonchev–Trinajstić information content (AvgIpc) is 2.71. The number of alkyl halides is 3. The summed E-state index contributed by atoms with van der Waals surface area (Å²) in [7, 11) is 0. The first-order valence-electron chi connectivity index (χ1n) is 10.0. The van der Waals surface area contributed by atoms with Crippen molar-refractivity contribution in [1.29, 1.82) is 0 Å². The van der Waals surface area contributed by atoms with E-state index in [1.165, 1.54) is 31.2 Å². The van der Waals surface area contributed by atoms with Crippen molar-refractivity contribution in [3.05, 3.63) is 47.3 Å². The predicted octanol–water partition coefficient (Wildman–Crippen LogP) is 5.74. The van der Waals surface area contributed by atoms with Crippen LogP contribution in [0.2, 0.25) is 0 Å². The summed E-state index contributed by atoms with van der Waals surface area (Å²) in [5, 5.41) is 17.5.